The first-order valence-electron chi connectivity index (χ1n) is 17.1. The van der Waals surface area contributed by atoms with Crippen LogP contribution in [0.25, 0.3) is 0 Å². The van der Waals surface area contributed by atoms with Crippen molar-refractivity contribution in [3.63, 3.8) is 0 Å². The smallest absolute Gasteiger partial charge is 0.411 e. The lowest BCUT2D eigenvalue weighted by molar-refractivity contribution is -0.123. The van der Waals surface area contributed by atoms with Crippen LogP contribution in [0.2, 0.25) is 0 Å². The molecule has 1 saturated heterocycles. The van der Waals surface area contributed by atoms with Crippen molar-refractivity contribution in [3.8, 4) is 0 Å². The highest BCUT2D eigenvalue weighted by Gasteiger charge is 2.51. The molecule has 2 heterocycles. The number of aromatic nitrogens is 1. The molecule has 1 aromatic heterocycles. The number of hydrogen-bond donors (Lipinski definition) is 1. The molecule has 8 nitrogen and oxygen atoms in total. The first-order valence-corrected chi connectivity index (χ1v) is 18.2. The van der Waals surface area contributed by atoms with Gasteiger partial charge in [0.25, 0.3) is 0 Å². The molecule has 2 aromatic carbocycles. The molecule has 2 fully saturated rings. The van der Waals surface area contributed by atoms with Crippen molar-refractivity contribution in [3.05, 3.63) is 101 Å². The number of amides is 1. The van der Waals surface area contributed by atoms with Crippen molar-refractivity contribution in [2.75, 3.05) is 13.7 Å². The van der Waals surface area contributed by atoms with Crippen LogP contribution in [-0.4, -0.2) is 56.4 Å². The second-order valence-corrected chi connectivity index (χ2v) is 17.4. The molecule has 49 heavy (non-hydrogen) atoms. The number of pyridine rings is 1. The molecular formula is C39H50FN3O5S. The lowest BCUT2D eigenvalue weighted by Crippen LogP contribution is -2.52. The summed E-state index contributed by atoms with van der Waals surface area (Å²) in [5.74, 6) is -0.266. The predicted molar refractivity (Wildman–Crippen MR) is 190 cm³/mol. The maximum absolute atomic E-state index is 15.8. The second-order valence-electron chi connectivity index (χ2n) is 15.4. The number of halogens is 1. The molecule has 10 heteroatoms. The van der Waals surface area contributed by atoms with Gasteiger partial charge in [0.2, 0.25) is 0 Å². The predicted octanol–water partition coefficient (Wildman–Crippen LogP) is 7.37. The van der Waals surface area contributed by atoms with Crippen molar-refractivity contribution >= 4 is 23.2 Å². The molecule has 0 bridgehead atoms. The third-order valence-corrected chi connectivity index (χ3v) is 11.2. The van der Waals surface area contributed by atoms with E-state index in [0.717, 1.165) is 30.4 Å². The molecule has 264 valence electrons. The second kappa shape index (κ2) is 14.5. The molecule has 1 saturated carbocycles. The first-order chi connectivity index (χ1) is 23.1. The van der Waals surface area contributed by atoms with Gasteiger partial charge in [-0.15, -0.1) is 4.72 Å². The van der Waals surface area contributed by atoms with Gasteiger partial charge in [0.05, 0.1) is 12.6 Å². The Morgan fingerprint density at radius 2 is 1.69 bits per heavy atom. The van der Waals surface area contributed by atoms with Gasteiger partial charge >= 0.3 is 6.09 Å². The molecule has 3 aromatic rings. The van der Waals surface area contributed by atoms with E-state index in [0.29, 0.717) is 17.9 Å². The maximum atomic E-state index is 15.8. The van der Waals surface area contributed by atoms with Gasteiger partial charge in [0.1, 0.15) is 27.3 Å². The number of nitrogens with zero attached hydrogens (tertiary/aromatic N) is 2. The molecule has 0 radical (unpaired) electrons. The normalized spacial score (nSPS) is 21.7. The van der Waals surface area contributed by atoms with Gasteiger partial charge in [-0.25, -0.2) is 9.18 Å². The van der Waals surface area contributed by atoms with E-state index in [1.807, 2.05) is 63.2 Å². The van der Waals surface area contributed by atoms with E-state index in [1.54, 1.807) is 52.4 Å². The van der Waals surface area contributed by atoms with E-state index in [-0.39, 0.29) is 30.7 Å². The maximum Gasteiger partial charge on any atom is 0.411 e. The van der Waals surface area contributed by atoms with Crippen LogP contribution in [0, 0.1) is 11.7 Å². The number of hydrogen-bond acceptors (Lipinski definition) is 7. The van der Waals surface area contributed by atoms with Gasteiger partial charge in [-0.3, -0.25) is 14.7 Å². The third kappa shape index (κ3) is 8.53. The number of nitrogens with one attached hydrogen (secondary N) is 1. The van der Waals surface area contributed by atoms with Crippen LogP contribution in [0.4, 0.5) is 9.18 Å². The number of benzene rings is 2. The topological polar surface area (TPSA) is 104 Å². The lowest BCUT2D eigenvalue weighted by Gasteiger charge is -2.39. The van der Waals surface area contributed by atoms with Gasteiger partial charge < -0.3 is 14.0 Å². The molecule has 5 rings (SSSR count). The minimum Gasteiger partial charge on any atom is -0.598 e. The van der Waals surface area contributed by atoms with Gasteiger partial charge in [-0.2, -0.15) is 0 Å². The fourth-order valence-corrected chi connectivity index (χ4v) is 7.53. The third-order valence-electron chi connectivity index (χ3n) is 9.54. The monoisotopic (exact) mass is 691 g/mol. The molecule has 1 amide bonds. The highest BCUT2D eigenvalue weighted by molar-refractivity contribution is 7.90. The number of ketones is 1. The van der Waals surface area contributed by atoms with Crippen molar-refractivity contribution in [2.24, 2.45) is 5.92 Å². The SMILES string of the molecule is CO[C@]1(c2ccccc2)C[C@H](C(=O)Cc2cc(C(CCC3CC3)(N[S+]([O-])C(C)(C)C)c3ccncc3)ccc2F)N(C(=O)OC(C)(C)C)C1. The van der Waals surface area contributed by atoms with E-state index in [4.69, 9.17) is 9.47 Å². The number of rotatable bonds is 12. The van der Waals surface area contributed by atoms with Crippen LogP contribution < -0.4 is 4.72 Å². The minimum atomic E-state index is -1.48. The van der Waals surface area contributed by atoms with Crippen molar-refractivity contribution in [2.45, 2.75) is 108 Å². The number of carbonyl (C=O) groups excluding carboxylic acids is 2. The van der Waals surface area contributed by atoms with Crippen molar-refractivity contribution < 1.29 is 28.0 Å². The van der Waals surface area contributed by atoms with Gasteiger partial charge in [0, 0.05) is 43.7 Å². The average molecular weight is 692 g/mol. The van der Waals surface area contributed by atoms with E-state index < -0.39 is 50.8 Å². The number of likely N-dealkylation sites (tertiary alicyclic amines) is 1. The highest BCUT2D eigenvalue weighted by atomic mass is 32.2. The van der Waals surface area contributed by atoms with Crippen LogP contribution >= 0.6 is 0 Å². The molecule has 2 unspecified atom stereocenters. The minimum absolute atomic E-state index is 0.107. The Kier molecular flexibility index (Phi) is 10.9. The van der Waals surface area contributed by atoms with E-state index in [1.165, 1.54) is 11.0 Å². The summed E-state index contributed by atoms with van der Waals surface area (Å²) < 4.78 is 44.3. The fourth-order valence-electron chi connectivity index (χ4n) is 6.57. The van der Waals surface area contributed by atoms with E-state index in [9.17, 15) is 14.1 Å². The van der Waals surface area contributed by atoms with Crippen molar-refractivity contribution in [1.29, 1.82) is 0 Å². The molecule has 1 aliphatic carbocycles. The highest BCUT2D eigenvalue weighted by Crippen LogP contribution is 2.43. The summed E-state index contributed by atoms with van der Waals surface area (Å²) in [5.41, 5.74) is -0.0356. The Balaban J connectivity index is 1.53. The number of Topliss-reactive ketones (excluding diaryl/α,β-unsaturated/α-hetero) is 1. The van der Waals surface area contributed by atoms with Gasteiger partial charge in [0.15, 0.2) is 5.78 Å². The van der Waals surface area contributed by atoms with E-state index >= 15 is 4.39 Å². The van der Waals surface area contributed by atoms with Crippen LogP contribution in [0.1, 0.15) is 95.9 Å². The first kappa shape index (κ1) is 37.0. The number of ether oxygens (including phenoxy) is 2. The summed E-state index contributed by atoms with van der Waals surface area (Å²) in [4.78, 5) is 33.5. The zero-order valence-corrected chi connectivity index (χ0v) is 30.6. The summed E-state index contributed by atoms with van der Waals surface area (Å²) in [6, 6.07) is 17.2. The molecule has 0 spiro atoms. The number of carbonyl (C=O) groups is 2. The molecule has 2 aliphatic rings. The van der Waals surface area contributed by atoms with Crippen LogP contribution in [-0.2, 0) is 43.2 Å². The van der Waals surface area contributed by atoms with Gasteiger partial charge in [-0.05, 0) is 101 Å². The Morgan fingerprint density at radius 1 is 1.02 bits per heavy atom. The molecular weight excluding hydrogens is 642 g/mol. The molecule has 4 atom stereocenters. The summed E-state index contributed by atoms with van der Waals surface area (Å²) in [6.45, 7) is 11.2. The Bertz CT molecular complexity index is 1610. The average Bonchev–Trinajstić information content (AvgIpc) is 3.80. The molecule has 1 aliphatic heterocycles. The van der Waals surface area contributed by atoms with E-state index in [2.05, 4.69) is 9.71 Å². The summed E-state index contributed by atoms with van der Waals surface area (Å²) >= 11 is -1.48. The number of methoxy groups -OCH3 is 1. The largest absolute Gasteiger partial charge is 0.598 e. The Hall–Kier alpha value is -3.31. The fraction of sp³-hybridized carbons (Fsp3) is 0.513. The zero-order chi connectivity index (χ0) is 35.6. The Morgan fingerprint density at radius 3 is 2.29 bits per heavy atom. The summed E-state index contributed by atoms with van der Waals surface area (Å²) in [6.07, 6.45) is 6.56. The van der Waals surface area contributed by atoms with Crippen molar-refractivity contribution in [1.82, 2.24) is 14.6 Å². The lowest BCUT2D eigenvalue weighted by atomic mass is 9.79. The standard InChI is InChI=1S/C39H50FN3O5S/c1-36(2,3)48-35(45)43-26-38(47-7,29-11-9-8-10-12-29)25-33(43)34(44)24-28-23-31(15-16-32(28)40)39(20-17-27-13-14-27,30-18-21-41-22-19-30)42-49(46)37(4,5)6/h8-12,15-16,18-19,21-23,27,33,42H,13-14,17,20,24-26H2,1-7H3/t33-,38-,39?,49?/m1/s1. The zero-order valence-electron chi connectivity index (χ0n) is 29.8. The summed E-state index contributed by atoms with van der Waals surface area (Å²) in [5, 5.41) is 0. The Labute approximate surface area is 293 Å². The van der Waals surface area contributed by atoms with Gasteiger partial charge in [-0.1, -0.05) is 55.3 Å². The van der Waals surface area contributed by atoms with Crippen LogP contribution in [0.3, 0.4) is 0 Å². The van der Waals surface area contributed by atoms with Crippen LogP contribution in [0.15, 0.2) is 73.1 Å². The molecule has 1 N–H and O–H groups in total. The van der Waals surface area contributed by atoms with Crippen LogP contribution in [0.5, 0.6) is 0 Å². The summed E-state index contributed by atoms with van der Waals surface area (Å²) in [7, 11) is 1.57. The quantitative estimate of drug-likeness (QED) is 0.198.